The van der Waals surface area contributed by atoms with Gasteiger partial charge < -0.3 is 5.32 Å². The van der Waals surface area contributed by atoms with Gasteiger partial charge >= 0.3 is 0 Å². The highest BCUT2D eigenvalue weighted by Crippen LogP contribution is 2.25. The van der Waals surface area contributed by atoms with E-state index in [-0.39, 0.29) is 0 Å². The van der Waals surface area contributed by atoms with E-state index < -0.39 is 0 Å². The Labute approximate surface area is 104 Å². The van der Waals surface area contributed by atoms with Crippen molar-refractivity contribution in [1.29, 1.82) is 0 Å². The highest BCUT2D eigenvalue weighted by Gasteiger charge is 2.01. The first kappa shape index (κ1) is 11.2. The smallest absolute Gasteiger partial charge is 0.132 e. The van der Waals surface area contributed by atoms with Crippen molar-refractivity contribution >= 4 is 34.7 Å². The summed E-state index contributed by atoms with van der Waals surface area (Å²) in [6.07, 6.45) is 0. The Morgan fingerprint density at radius 3 is 2.62 bits per heavy atom. The summed E-state index contributed by atoms with van der Waals surface area (Å²) >= 11 is 11.9. The van der Waals surface area contributed by atoms with Crippen molar-refractivity contribution < 1.29 is 0 Å². The predicted octanol–water partition coefficient (Wildman–Crippen LogP) is 4.44. The average molecular weight is 253 g/mol. The van der Waals surface area contributed by atoms with E-state index in [4.69, 9.17) is 23.2 Å². The fraction of sp³-hybridized carbons (Fsp3) is 0.0833. The molecule has 0 aliphatic heterocycles. The minimum absolute atomic E-state index is 0.452. The van der Waals surface area contributed by atoms with Crippen LogP contribution in [-0.4, -0.2) is 4.98 Å². The lowest BCUT2D eigenvalue weighted by molar-refractivity contribution is 1.30. The standard InChI is InChI=1S/C12H10Cl2N2/c1-8-5-6-10(9(13)7-8)15-12-4-2-3-11(14)16-12/h2-7H,1H3,(H,15,16). The number of aromatic nitrogens is 1. The Balaban J connectivity index is 2.27. The molecule has 0 unspecified atom stereocenters. The molecule has 2 rings (SSSR count). The molecular weight excluding hydrogens is 243 g/mol. The summed E-state index contributed by atoms with van der Waals surface area (Å²) in [5, 5.41) is 4.23. The van der Waals surface area contributed by atoms with Crippen LogP contribution in [0.1, 0.15) is 5.56 Å². The van der Waals surface area contributed by atoms with Crippen LogP contribution in [0.5, 0.6) is 0 Å². The zero-order valence-corrected chi connectivity index (χ0v) is 10.2. The normalized spacial score (nSPS) is 10.2. The first-order valence-electron chi connectivity index (χ1n) is 4.81. The summed E-state index contributed by atoms with van der Waals surface area (Å²) in [4.78, 5) is 4.13. The van der Waals surface area contributed by atoms with E-state index in [1.807, 2.05) is 37.3 Å². The van der Waals surface area contributed by atoms with Crippen LogP contribution in [0.15, 0.2) is 36.4 Å². The topological polar surface area (TPSA) is 24.9 Å². The van der Waals surface area contributed by atoms with Gasteiger partial charge in [-0.3, -0.25) is 0 Å². The van der Waals surface area contributed by atoms with Crippen molar-refractivity contribution in [3.05, 3.63) is 52.1 Å². The number of hydrogen-bond donors (Lipinski definition) is 1. The minimum atomic E-state index is 0.452. The van der Waals surface area contributed by atoms with Gasteiger partial charge in [0.15, 0.2) is 0 Å². The van der Waals surface area contributed by atoms with Crippen LogP contribution in [0.2, 0.25) is 10.2 Å². The van der Waals surface area contributed by atoms with Gasteiger partial charge in [-0.05, 0) is 36.8 Å². The van der Waals surface area contributed by atoms with E-state index in [1.54, 1.807) is 6.07 Å². The van der Waals surface area contributed by atoms with Gasteiger partial charge in [0, 0.05) is 0 Å². The molecule has 0 fully saturated rings. The van der Waals surface area contributed by atoms with Crippen molar-refractivity contribution in [3.63, 3.8) is 0 Å². The molecule has 82 valence electrons. The molecule has 0 saturated carbocycles. The zero-order chi connectivity index (χ0) is 11.5. The van der Waals surface area contributed by atoms with Gasteiger partial charge in [0.25, 0.3) is 0 Å². The second kappa shape index (κ2) is 4.73. The van der Waals surface area contributed by atoms with E-state index in [0.29, 0.717) is 16.0 Å². The first-order valence-corrected chi connectivity index (χ1v) is 5.56. The molecule has 1 heterocycles. The van der Waals surface area contributed by atoms with E-state index >= 15 is 0 Å². The average Bonchev–Trinajstić information content (AvgIpc) is 2.22. The largest absolute Gasteiger partial charge is 0.339 e. The first-order chi connectivity index (χ1) is 7.65. The van der Waals surface area contributed by atoms with E-state index in [2.05, 4.69) is 10.3 Å². The summed E-state index contributed by atoms with van der Waals surface area (Å²) in [6.45, 7) is 1.99. The molecule has 0 saturated heterocycles. The molecule has 1 N–H and O–H groups in total. The summed E-state index contributed by atoms with van der Waals surface area (Å²) in [6, 6.07) is 11.2. The molecule has 0 amide bonds. The van der Waals surface area contributed by atoms with Crippen molar-refractivity contribution in [2.45, 2.75) is 6.92 Å². The van der Waals surface area contributed by atoms with Crippen LogP contribution in [0.4, 0.5) is 11.5 Å². The molecule has 16 heavy (non-hydrogen) atoms. The molecule has 2 aromatic rings. The van der Waals surface area contributed by atoms with Crippen LogP contribution in [-0.2, 0) is 0 Å². The second-order valence-corrected chi connectivity index (χ2v) is 4.25. The van der Waals surface area contributed by atoms with Crippen molar-refractivity contribution in [1.82, 2.24) is 4.98 Å². The summed E-state index contributed by atoms with van der Waals surface area (Å²) in [5.74, 6) is 0.679. The monoisotopic (exact) mass is 252 g/mol. The van der Waals surface area contributed by atoms with E-state index in [1.165, 1.54) is 0 Å². The molecular formula is C12H10Cl2N2. The maximum Gasteiger partial charge on any atom is 0.132 e. The number of pyridine rings is 1. The third kappa shape index (κ3) is 2.65. The maximum atomic E-state index is 6.10. The number of benzene rings is 1. The number of aryl methyl sites for hydroxylation is 1. The van der Waals surface area contributed by atoms with Crippen LogP contribution in [0.3, 0.4) is 0 Å². The Kier molecular flexibility index (Phi) is 3.32. The van der Waals surface area contributed by atoms with Crippen LogP contribution >= 0.6 is 23.2 Å². The van der Waals surface area contributed by atoms with Crippen LogP contribution < -0.4 is 5.32 Å². The number of nitrogens with zero attached hydrogens (tertiary/aromatic N) is 1. The van der Waals surface area contributed by atoms with Crippen molar-refractivity contribution in [2.75, 3.05) is 5.32 Å². The zero-order valence-electron chi connectivity index (χ0n) is 8.67. The lowest BCUT2D eigenvalue weighted by Gasteiger charge is -2.08. The van der Waals surface area contributed by atoms with Gasteiger partial charge in [0.2, 0.25) is 0 Å². The summed E-state index contributed by atoms with van der Waals surface area (Å²) in [7, 11) is 0. The van der Waals surface area contributed by atoms with Crippen LogP contribution in [0.25, 0.3) is 0 Å². The molecule has 2 nitrogen and oxygen atoms in total. The van der Waals surface area contributed by atoms with E-state index in [0.717, 1.165) is 11.3 Å². The number of rotatable bonds is 2. The quantitative estimate of drug-likeness (QED) is 0.800. The highest BCUT2D eigenvalue weighted by molar-refractivity contribution is 6.33. The fourth-order valence-corrected chi connectivity index (χ4v) is 1.78. The van der Waals surface area contributed by atoms with Gasteiger partial charge in [0.05, 0.1) is 10.7 Å². The fourth-order valence-electron chi connectivity index (χ4n) is 1.34. The molecule has 4 heteroatoms. The number of nitrogens with one attached hydrogen (secondary N) is 1. The number of anilines is 2. The van der Waals surface area contributed by atoms with Crippen molar-refractivity contribution in [3.8, 4) is 0 Å². The van der Waals surface area contributed by atoms with E-state index in [9.17, 15) is 0 Å². The van der Waals surface area contributed by atoms with Crippen LogP contribution in [0, 0.1) is 6.92 Å². The Morgan fingerprint density at radius 1 is 1.12 bits per heavy atom. The van der Waals surface area contributed by atoms with Gasteiger partial charge in [-0.1, -0.05) is 35.3 Å². The van der Waals surface area contributed by atoms with Gasteiger partial charge in [-0.2, -0.15) is 0 Å². The molecule has 0 bridgehead atoms. The Bertz CT molecular complexity index is 512. The molecule has 0 aliphatic carbocycles. The molecule has 0 aliphatic rings. The minimum Gasteiger partial charge on any atom is -0.339 e. The Morgan fingerprint density at radius 2 is 1.94 bits per heavy atom. The molecule has 1 aromatic heterocycles. The SMILES string of the molecule is Cc1ccc(Nc2cccc(Cl)n2)c(Cl)c1. The summed E-state index contributed by atoms with van der Waals surface area (Å²) in [5.41, 5.74) is 1.94. The van der Waals surface area contributed by atoms with Crippen molar-refractivity contribution in [2.24, 2.45) is 0 Å². The molecule has 1 aromatic carbocycles. The molecule has 0 atom stereocenters. The third-order valence-corrected chi connectivity index (χ3v) is 2.63. The lowest BCUT2D eigenvalue weighted by atomic mass is 10.2. The number of hydrogen-bond acceptors (Lipinski definition) is 2. The number of halogens is 2. The van der Waals surface area contributed by atoms with Gasteiger partial charge in [-0.15, -0.1) is 0 Å². The Hall–Kier alpha value is -1.25. The highest BCUT2D eigenvalue weighted by atomic mass is 35.5. The van der Waals surface area contributed by atoms with Gasteiger partial charge in [-0.25, -0.2) is 4.98 Å². The lowest BCUT2D eigenvalue weighted by Crippen LogP contribution is -1.94. The second-order valence-electron chi connectivity index (χ2n) is 3.45. The molecule has 0 spiro atoms. The third-order valence-electron chi connectivity index (χ3n) is 2.10. The predicted molar refractivity (Wildman–Crippen MR) is 68.7 cm³/mol. The van der Waals surface area contributed by atoms with Gasteiger partial charge in [0.1, 0.15) is 11.0 Å². The summed E-state index contributed by atoms with van der Waals surface area (Å²) < 4.78 is 0. The maximum absolute atomic E-state index is 6.10. The molecule has 0 radical (unpaired) electrons.